The smallest absolute Gasteiger partial charge is 0.281 e. The summed E-state index contributed by atoms with van der Waals surface area (Å²) in [7, 11) is 0. The largest absolute Gasteiger partial charge is 0.345 e. The Balaban J connectivity index is 1.83. The van der Waals surface area contributed by atoms with Crippen LogP contribution in [0.4, 0.5) is 0 Å². The molecule has 0 bridgehead atoms. The number of nitrogens with one attached hydrogen (secondary N) is 1. The van der Waals surface area contributed by atoms with Crippen LogP contribution < -0.4 is 4.80 Å². The van der Waals surface area contributed by atoms with Crippen molar-refractivity contribution in [2.45, 2.75) is 0 Å². The average Bonchev–Trinajstić information content (AvgIpc) is 3.28. The Bertz CT molecular complexity index is 1190. The maximum absolute atomic E-state index is 12.6. The van der Waals surface area contributed by atoms with Crippen molar-refractivity contribution in [3.05, 3.63) is 76.3 Å². The first-order valence-corrected chi connectivity index (χ1v) is 8.33. The van der Waals surface area contributed by atoms with Crippen LogP contribution in [0.15, 0.2) is 65.4 Å². The third kappa shape index (κ3) is 2.65. The minimum atomic E-state index is -0.357. The van der Waals surface area contributed by atoms with Crippen molar-refractivity contribution < 1.29 is 4.79 Å². The van der Waals surface area contributed by atoms with Crippen molar-refractivity contribution in [1.29, 1.82) is 5.26 Å². The van der Waals surface area contributed by atoms with Gasteiger partial charge in [-0.3, -0.25) is 9.36 Å². The molecule has 0 unspecified atom stereocenters. The van der Waals surface area contributed by atoms with E-state index in [9.17, 15) is 10.1 Å². The lowest BCUT2D eigenvalue weighted by Crippen LogP contribution is -2.15. The number of nitrogens with zero attached hydrogens (tertiary/aromatic N) is 4. The van der Waals surface area contributed by atoms with E-state index in [1.54, 1.807) is 41.4 Å². The number of carbonyl (C=O) groups is 1. The molecule has 3 aromatic heterocycles. The molecule has 6 nitrogen and oxygen atoms in total. The van der Waals surface area contributed by atoms with E-state index in [-0.39, 0.29) is 5.91 Å². The number of nitriles is 1. The molecule has 0 aliphatic carbocycles. The summed E-state index contributed by atoms with van der Waals surface area (Å²) < 4.78 is 1.74. The third-order valence-corrected chi connectivity index (χ3v) is 4.51. The lowest BCUT2D eigenvalue weighted by molar-refractivity contribution is 0.0999. The summed E-state index contributed by atoms with van der Waals surface area (Å²) in [6.07, 6.45) is 5.07. The van der Waals surface area contributed by atoms with Crippen LogP contribution >= 0.6 is 11.3 Å². The van der Waals surface area contributed by atoms with Gasteiger partial charge in [-0.2, -0.15) is 10.3 Å². The van der Waals surface area contributed by atoms with Crippen LogP contribution in [-0.4, -0.2) is 20.4 Å². The van der Waals surface area contributed by atoms with Crippen LogP contribution in [0.1, 0.15) is 15.9 Å². The van der Waals surface area contributed by atoms with E-state index < -0.39 is 0 Å². The number of pyridine rings is 1. The molecule has 0 aliphatic rings. The molecule has 3 heterocycles. The Morgan fingerprint density at radius 2 is 2.16 bits per heavy atom. The molecule has 0 fully saturated rings. The summed E-state index contributed by atoms with van der Waals surface area (Å²) in [5.41, 5.74) is 2.33. The summed E-state index contributed by atoms with van der Waals surface area (Å²) in [4.78, 5) is 24.5. The summed E-state index contributed by atoms with van der Waals surface area (Å²) in [6.45, 7) is 0. The molecule has 0 saturated heterocycles. The Morgan fingerprint density at radius 3 is 3.04 bits per heavy atom. The van der Waals surface area contributed by atoms with E-state index in [0.29, 0.717) is 27.3 Å². The number of aromatic amines is 1. The predicted octanol–water partition coefficient (Wildman–Crippen LogP) is 3.03. The molecule has 1 N–H and O–H groups in total. The fourth-order valence-electron chi connectivity index (χ4n) is 2.59. The number of benzene rings is 1. The fraction of sp³-hybridized carbons (Fsp3) is 0. The van der Waals surface area contributed by atoms with Crippen molar-refractivity contribution in [2.24, 2.45) is 4.99 Å². The number of H-pyrrole nitrogens is 1. The zero-order valence-electron chi connectivity index (χ0n) is 12.9. The quantitative estimate of drug-likeness (QED) is 0.606. The zero-order chi connectivity index (χ0) is 17.2. The predicted molar refractivity (Wildman–Crippen MR) is 94.3 cm³/mol. The minimum absolute atomic E-state index is 0.357. The number of carbonyl (C=O) groups excluding carboxylic acids is 1. The average molecular weight is 345 g/mol. The fourth-order valence-corrected chi connectivity index (χ4v) is 3.31. The van der Waals surface area contributed by atoms with E-state index in [4.69, 9.17) is 0 Å². The number of aromatic nitrogens is 3. The van der Waals surface area contributed by atoms with Crippen LogP contribution in [0.2, 0.25) is 0 Å². The molecule has 0 saturated carbocycles. The van der Waals surface area contributed by atoms with Crippen LogP contribution in [0, 0.1) is 11.3 Å². The molecule has 1 aromatic carbocycles. The molecule has 4 rings (SSSR count). The zero-order valence-corrected chi connectivity index (χ0v) is 13.7. The molecule has 120 valence electrons. The van der Waals surface area contributed by atoms with Gasteiger partial charge in [0.25, 0.3) is 5.91 Å². The Hall–Kier alpha value is -3.50. The number of amides is 1. The first-order chi connectivity index (χ1) is 12.3. The summed E-state index contributed by atoms with van der Waals surface area (Å²) in [5, 5.41) is 11.9. The Morgan fingerprint density at radius 1 is 1.28 bits per heavy atom. The maximum atomic E-state index is 12.6. The van der Waals surface area contributed by atoms with E-state index >= 15 is 0 Å². The lowest BCUT2D eigenvalue weighted by atomic mass is 10.2. The number of fused-ring (bicyclic) bond motifs is 1. The van der Waals surface area contributed by atoms with Crippen molar-refractivity contribution in [1.82, 2.24) is 14.5 Å². The first kappa shape index (κ1) is 15.1. The molecule has 0 aliphatic heterocycles. The number of hydrogen-bond donors (Lipinski definition) is 1. The SMILES string of the molecule is N#Cc1ccccc1-n1ccsc1=NC(=O)c1c[nH]c2ncccc12. The van der Waals surface area contributed by atoms with Gasteiger partial charge in [0.05, 0.1) is 16.8 Å². The second kappa shape index (κ2) is 6.19. The van der Waals surface area contributed by atoms with Crippen molar-refractivity contribution in [3.63, 3.8) is 0 Å². The van der Waals surface area contributed by atoms with Gasteiger partial charge < -0.3 is 4.98 Å². The van der Waals surface area contributed by atoms with Gasteiger partial charge in [0.2, 0.25) is 0 Å². The molecular weight excluding hydrogens is 334 g/mol. The highest BCUT2D eigenvalue weighted by atomic mass is 32.1. The Kier molecular flexibility index (Phi) is 3.72. The maximum Gasteiger partial charge on any atom is 0.281 e. The van der Waals surface area contributed by atoms with Gasteiger partial charge in [0, 0.05) is 29.4 Å². The van der Waals surface area contributed by atoms with Crippen LogP contribution in [0.5, 0.6) is 0 Å². The topological polar surface area (TPSA) is 86.8 Å². The van der Waals surface area contributed by atoms with Gasteiger partial charge >= 0.3 is 0 Å². The van der Waals surface area contributed by atoms with E-state index in [0.717, 1.165) is 5.39 Å². The second-order valence-corrected chi connectivity index (χ2v) is 6.08. The van der Waals surface area contributed by atoms with Gasteiger partial charge in [-0.25, -0.2) is 4.98 Å². The molecular formula is C18H11N5OS. The number of thiazole rings is 1. The van der Waals surface area contributed by atoms with Gasteiger partial charge in [-0.15, -0.1) is 11.3 Å². The van der Waals surface area contributed by atoms with Gasteiger partial charge in [-0.05, 0) is 24.3 Å². The third-order valence-electron chi connectivity index (χ3n) is 3.75. The molecule has 25 heavy (non-hydrogen) atoms. The van der Waals surface area contributed by atoms with Crippen molar-refractivity contribution in [2.75, 3.05) is 0 Å². The van der Waals surface area contributed by atoms with Gasteiger partial charge in [0.15, 0.2) is 4.80 Å². The highest BCUT2D eigenvalue weighted by molar-refractivity contribution is 7.07. The second-order valence-electron chi connectivity index (χ2n) is 5.20. The summed E-state index contributed by atoms with van der Waals surface area (Å²) >= 11 is 1.33. The number of para-hydroxylation sites is 1. The number of hydrogen-bond acceptors (Lipinski definition) is 4. The van der Waals surface area contributed by atoms with Crippen LogP contribution in [-0.2, 0) is 0 Å². The van der Waals surface area contributed by atoms with E-state index in [1.807, 2.05) is 23.6 Å². The lowest BCUT2D eigenvalue weighted by Gasteiger charge is -2.04. The van der Waals surface area contributed by atoms with Crippen LogP contribution in [0.3, 0.4) is 0 Å². The molecule has 7 heteroatoms. The van der Waals surface area contributed by atoms with Gasteiger partial charge in [0.1, 0.15) is 11.7 Å². The van der Waals surface area contributed by atoms with Crippen molar-refractivity contribution >= 4 is 28.3 Å². The standard InChI is InChI=1S/C18H11N5OS/c19-10-12-4-1-2-6-15(12)23-8-9-25-18(23)22-17(24)14-11-21-16-13(14)5-3-7-20-16/h1-9,11H,(H,20,21). The minimum Gasteiger partial charge on any atom is -0.345 e. The molecule has 4 aromatic rings. The highest BCUT2D eigenvalue weighted by Gasteiger charge is 2.12. The molecule has 0 spiro atoms. The monoisotopic (exact) mass is 345 g/mol. The molecule has 0 atom stereocenters. The molecule has 0 radical (unpaired) electrons. The van der Waals surface area contributed by atoms with Crippen molar-refractivity contribution in [3.8, 4) is 11.8 Å². The summed E-state index contributed by atoms with van der Waals surface area (Å²) in [5.74, 6) is -0.357. The summed E-state index contributed by atoms with van der Waals surface area (Å²) in [6, 6.07) is 13.0. The van der Waals surface area contributed by atoms with Gasteiger partial charge in [-0.1, -0.05) is 12.1 Å². The van der Waals surface area contributed by atoms with E-state index in [1.165, 1.54) is 11.3 Å². The normalized spacial score (nSPS) is 11.6. The van der Waals surface area contributed by atoms with E-state index in [2.05, 4.69) is 21.0 Å². The van der Waals surface area contributed by atoms with Crippen LogP contribution in [0.25, 0.3) is 16.7 Å². The highest BCUT2D eigenvalue weighted by Crippen LogP contribution is 2.17. The first-order valence-electron chi connectivity index (χ1n) is 7.45. The molecule has 1 amide bonds. The number of rotatable bonds is 2. The Labute approximate surface area is 146 Å².